The van der Waals surface area contributed by atoms with Gasteiger partial charge in [0.2, 0.25) is 5.91 Å². The molecule has 1 aromatic carbocycles. The maximum absolute atomic E-state index is 12.0. The van der Waals surface area contributed by atoms with E-state index in [1.54, 1.807) is 12.1 Å². The Balaban J connectivity index is 1.94. The number of amides is 1. The average molecular weight is 267 g/mol. The van der Waals surface area contributed by atoms with Crippen LogP contribution in [-0.4, -0.2) is 11.4 Å². The topological polar surface area (TPSA) is 55.1 Å². The molecular weight excluding hydrogens is 248 g/mol. The van der Waals surface area contributed by atoms with Crippen LogP contribution in [0.15, 0.2) is 24.3 Å². The van der Waals surface area contributed by atoms with Crippen molar-refractivity contribution in [2.75, 3.05) is 5.32 Å². The highest BCUT2D eigenvalue weighted by Gasteiger charge is 2.30. The molecule has 3 nitrogen and oxygen atoms in total. The number of nitrogens with one attached hydrogen (secondary N) is 1. The molecule has 0 radical (unpaired) electrons. The van der Waals surface area contributed by atoms with Gasteiger partial charge in [-0.05, 0) is 25.0 Å². The summed E-state index contributed by atoms with van der Waals surface area (Å²) in [6, 6.07) is 7.24. The van der Waals surface area contributed by atoms with Crippen molar-refractivity contribution in [2.24, 2.45) is 5.73 Å². The third-order valence-electron chi connectivity index (χ3n) is 3.51. The summed E-state index contributed by atoms with van der Waals surface area (Å²) in [7, 11) is 0. The molecule has 3 N–H and O–H groups in total. The highest BCUT2D eigenvalue weighted by atomic mass is 35.5. The summed E-state index contributed by atoms with van der Waals surface area (Å²) in [6.07, 6.45) is 5.71. The molecule has 1 fully saturated rings. The predicted octanol–water partition coefficient (Wildman–Crippen LogP) is 3.33. The lowest BCUT2D eigenvalue weighted by atomic mass is 9.80. The minimum absolute atomic E-state index is 0.0486. The van der Waals surface area contributed by atoms with Gasteiger partial charge >= 0.3 is 0 Å². The lowest BCUT2D eigenvalue weighted by Gasteiger charge is -2.32. The molecule has 0 saturated heterocycles. The molecule has 0 spiro atoms. The van der Waals surface area contributed by atoms with Crippen molar-refractivity contribution >= 4 is 23.2 Å². The van der Waals surface area contributed by atoms with E-state index in [4.69, 9.17) is 17.3 Å². The summed E-state index contributed by atoms with van der Waals surface area (Å²) >= 11 is 6.00. The Morgan fingerprint density at radius 3 is 2.61 bits per heavy atom. The van der Waals surface area contributed by atoms with Crippen molar-refractivity contribution in [2.45, 2.75) is 44.1 Å². The molecular formula is C14H19ClN2O. The second-order valence-electron chi connectivity index (χ2n) is 5.13. The van der Waals surface area contributed by atoms with Gasteiger partial charge in [-0.1, -0.05) is 43.0 Å². The zero-order chi connectivity index (χ0) is 13.0. The molecule has 1 aromatic rings. The van der Waals surface area contributed by atoms with Gasteiger partial charge in [0.05, 0.1) is 10.7 Å². The lowest BCUT2D eigenvalue weighted by molar-refractivity contribution is -0.117. The van der Waals surface area contributed by atoms with Crippen LogP contribution in [0.5, 0.6) is 0 Å². The van der Waals surface area contributed by atoms with Crippen LogP contribution in [0.25, 0.3) is 0 Å². The smallest absolute Gasteiger partial charge is 0.226 e. The monoisotopic (exact) mass is 266 g/mol. The molecule has 98 valence electrons. The normalized spacial score (nSPS) is 18.3. The van der Waals surface area contributed by atoms with Crippen molar-refractivity contribution in [1.82, 2.24) is 0 Å². The Morgan fingerprint density at radius 1 is 1.28 bits per heavy atom. The number of carbonyl (C=O) groups excluding carboxylic acids is 1. The van der Waals surface area contributed by atoms with Gasteiger partial charge in [-0.2, -0.15) is 0 Å². The highest BCUT2D eigenvalue weighted by molar-refractivity contribution is 6.33. The number of benzene rings is 1. The third kappa shape index (κ3) is 3.47. The number of rotatable bonds is 3. The maximum atomic E-state index is 12.0. The molecule has 0 aliphatic heterocycles. The molecule has 0 unspecified atom stereocenters. The fourth-order valence-electron chi connectivity index (χ4n) is 2.51. The van der Waals surface area contributed by atoms with Crippen LogP contribution in [0.3, 0.4) is 0 Å². The molecule has 0 aromatic heterocycles. The second-order valence-corrected chi connectivity index (χ2v) is 5.54. The largest absolute Gasteiger partial charge is 0.325 e. The van der Waals surface area contributed by atoms with Gasteiger partial charge in [-0.15, -0.1) is 0 Å². The summed E-state index contributed by atoms with van der Waals surface area (Å²) < 4.78 is 0. The Kier molecular flexibility index (Phi) is 4.25. The zero-order valence-electron chi connectivity index (χ0n) is 10.4. The number of halogens is 1. The molecule has 0 heterocycles. The van der Waals surface area contributed by atoms with Crippen LogP contribution in [0.2, 0.25) is 5.02 Å². The molecule has 4 heteroatoms. The minimum Gasteiger partial charge on any atom is -0.325 e. The van der Waals surface area contributed by atoms with E-state index in [0.717, 1.165) is 25.7 Å². The molecule has 1 amide bonds. The Labute approximate surface area is 113 Å². The number of hydrogen-bond donors (Lipinski definition) is 2. The minimum atomic E-state index is -0.330. The second kappa shape index (κ2) is 5.72. The SMILES string of the molecule is NC1(CC(=O)Nc2ccccc2Cl)CCCCC1. The molecule has 0 bridgehead atoms. The van der Waals surface area contributed by atoms with Crippen LogP contribution < -0.4 is 11.1 Å². The van der Waals surface area contributed by atoms with Gasteiger partial charge in [-0.3, -0.25) is 4.79 Å². The first-order valence-corrected chi connectivity index (χ1v) is 6.80. The van der Waals surface area contributed by atoms with Gasteiger partial charge in [0.1, 0.15) is 0 Å². The summed E-state index contributed by atoms with van der Waals surface area (Å²) in [4.78, 5) is 12.0. The van der Waals surface area contributed by atoms with Crippen molar-refractivity contribution in [1.29, 1.82) is 0 Å². The van der Waals surface area contributed by atoms with Gasteiger partial charge in [-0.25, -0.2) is 0 Å². The number of hydrogen-bond acceptors (Lipinski definition) is 2. The van der Waals surface area contributed by atoms with E-state index in [2.05, 4.69) is 5.32 Å². The molecule has 1 saturated carbocycles. The van der Waals surface area contributed by atoms with Crippen molar-refractivity contribution < 1.29 is 4.79 Å². The van der Waals surface area contributed by atoms with Crippen molar-refractivity contribution in [3.05, 3.63) is 29.3 Å². The summed E-state index contributed by atoms with van der Waals surface area (Å²) in [5, 5.41) is 3.39. The molecule has 0 atom stereocenters. The van der Waals surface area contributed by atoms with E-state index in [1.807, 2.05) is 12.1 Å². The Hall–Kier alpha value is -1.06. The van der Waals surface area contributed by atoms with E-state index in [-0.39, 0.29) is 11.4 Å². The average Bonchev–Trinajstić information content (AvgIpc) is 2.32. The van der Waals surface area contributed by atoms with E-state index >= 15 is 0 Å². The van der Waals surface area contributed by atoms with Gasteiger partial charge in [0, 0.05) is 12.0 Å². The van der Waals surface area contributed by atoms with E-state index in [1.165, 1.54) is 6.42 Å². The number of para-hydroxylation sites is 1. The van der Waals surface area contributed by atoms with Crippen LogP contribution in [0.4, 0.5) is 5.69 Å². The fourth-order valence-corrected chi connectivity index (χ4v) is 2.69. The molecule has 18 heavy (non-hydrogen) atoms. The van der Waals surface area contributed by atoms with Crippen molar-refractivity contribution in [3.8, 4) is 0 Å². The van der Waals surface area contributed by atoms with Crippen LogP contribution in [0, 0.1) is 0 Å². The molecule has 1 aliphatic carbocycles. The molecule has 2 rings (SSSR count). The van der Waals surface area contributed by atoms with Gasteiger partial charge in [0.25, 0.3) is 0 Å². The Bertz CT molecular complexity index is 428. The quantitative estimate of drug-likeness (QED) is 0.882. The van der Waals surface area contributed by atoms with Gasteiger partial charge in [0.15, 0.2) is 0 Å². The summed E-state index contributed by atoms with van der Waals surface area (Å²) in [5.41, 5.74) is 6.58. The van der Waals surface area contributed by atoms with Crippen LogP contribution in [0.1, 0.15) is 38.5 Å². The highest BCUT2D eigenvalue weighted by Crippen LogP contribution is 2.29. The Morgan fingerprint density at radius 2 is 1.94 bits per heavy atom. The standard InChI is InChI=1S/C14H19ClN2O/c15-11-6-2-3-7-12(11)17-13(18)10-14(16)8-4-1-5-9-14/h2-3,6-7H,1,4-5,8-10,16H2,(H,17,18). The maximum Gasteiger partial charge on any atom is 0.226 e. The van der Waals surface area contributed by atoms with E-state index in [9.17, 15) is 4.79 Å². The first-order chi connectivity index (χ1) is 8.59. The van der Waals surface area contributed by atoms with Crippen LogP contribution in [-0.2, 0) is 4.79 Å². The van der Waals surface area contributed by atoms with Gasteiger partial charge < -0.3 is 11.1 Å². The fraction of sp³-hybridized carbons (Fsp3) is 0.500. The zero-order valence-corrected chi connectivity index (χ0v) is 11.2. The van der Waals surface area contributed by atoms with E-state index in [0.29, 0.717) is 17.1 Å². The predicted molar refractivity (Wildman–Crippen MR) is 74.7 cm³/mol. The van der Waals surface area contributed by atoms with E-state index < -0.39 is 0 Å². The number of nitrogens with two attached hydrogens (primary N) is 1. The lowest BCUT2D eigenvalue weighted by Crippen LogP contribution is -2.44. The first kappa shape index (κ1) is 13.4. The molecule has 1 aliphatic rings. The number of carbonyl (C=O) groups is 1. The summed E-state index contributed by atoms with van der Waals surface area (Å²) in [6.45, 7) is 0. The van der Waals surface area contributed by atoms with Crippen LogP contribution >= 0.6 is 11.6 Å². The third-order valence-corrected chi connectivity index (χ3v) is 3.84. The first-order valence-electron chi connectivity index (χ1n) is 6.42. The van der Waals surface area contributed by atoms with Crippen molar-refractivity contribution in [3.63, 3.8) is 0 Å². The summed E-state index contributed by atoms with van der Waals surface area (Å²) in [5.74, 6) is -0.0486. The number of anilines is 1.